The standard InChI is InChI=1S/C13H24N2O2/c1-10(2)8-14-13(17)9-15-7-5-4-6-12(15)11(3)16/h10,12H,4-9H2,1-3H3,(H,14,17). The minimum absolute atomic E-state index is 0.0341. The van der Waals surface area contributed by atoms with Crippen molar-refractivity contribution in [2.45, 2.75) is 46.1 Å². The van der Waals surface area contributed by atoms with Gasteiger partial charge >= 0.3 is 0 Å². The number of carbonyl (C=O) groups excluding carboxylic acids is 2. The van der Waals surface area contributed by atoms with Gasteiger partial charge in [-0.05, 0) is 32.2 Å². The molecule has 4 nitrogen and oxygen atoms in total. The molecule has 1 aliphatic rings. The lowest BCUT2D eigenvalue weighted by atomic mass is 9.99. The molecule has 1 heterocycles. The third-order valence-electron chi connectivity index (χ3n) is 3.14. The van der Waals surface area contributed by atoms with Gasteiger partial charge in [-0.25, -0.2) is 0 Å². The van der Waals surface area contributed by atoms with E-state index in [2.05, 4.69) is 19.2 Å². The van der Waals surface area contributed by atoms with E-state index in [1.165, 1.54) is 0 Å². The van der Waals surface area contributed by atoms with Gasteiger partial charge < -0.3 is 5.32 Å². The van der Waals surface area contributed by atoms with Gasteiger partial charge in [0.05, 0.1) is 12.6 Å². The van der Waals surface area contributed by atoms with Crippen LogP contribution in [0.25, 0.3) is 0 Å². The Kier molecular flexibility index (Phi) is 5.62. The zero-order valence-corrected chi connectivity index (χ0v) is 11.2. The van der Waals surface area contributed by atoms with Crippen LogP contribution in [-0.4, -0.2) is 42.3 Å². The van der Waals surface area contributed by atoms with Crippen molar-refractivity contribution < 1.29 is 9.59 Å². The molecule has 0 saturated carbocycles. The maximum Gasteiger partial charge on any atom is 0.234 e. The highest BCUT2D eigenvalue weighted by molar-refractivity contribution is 5.83. The Hall–Kier alpha value is -0.900. The van der Waals surface area contributed by atoms with Gasteiger partial charge in [0.1, 0.15) is 5.78 Å². The number of piperidine rings is 1. The van der Waals surface area contributed by atoms with Crippen LogP contribution in [0.15, 0.2) is 0 Å². The van der Waals surface area contributed by atoms with Gasteiger partial charge in [-0.1, -0.05) is 20.3 Å². The van der Waals surface area contributed by atoms with Crippen molar-refractivity contribution in [2.75, 3.05) is 19.6 Å². The number of likely N-dealkylation sites (tertiary alicyclic amines) is 1. The number of carbonyl (C=O) groups is 2. The Labute approximate surface area is 104 Å². The average Bonchev–Trinajstić information content (AvgIpc) is 2.27. The Morgan fingerprint density at radius 1 is 1.35 bits per heavy atom. The minimum atomic E-state index is -0.0476. The summed E-state index contributed by atoms with van der Waals surface area (Å²) in [4.78, 5) is 25.2. The molecule has 1 atom stereocenters. The van der Waals surface area contributed by atoms with E-state index < -0.39 is 0 Å². The molecular weight excluding hydrogens is 216 g/mol. The van der Waals surface area contributed by atoms with E-state index in [9.17, 15) is 9.59 Å². The quantitative estimate of drug-likeness (QED) is 0.785. The molecule has 1 aliphatic heterocycles. The van der Waals surface area contributed by atoms with E-state index in [1.807, 2.05) is 4.90 Å². The smallest absolute Gasteiger partial charge is 0.234 e. The van der Waals surface area contributed by atoms with Crippen molar-refractivity contribution in [1.29, 1.82) is 0 Å². The van der Waals surface area contributed by atoms with Crippen LogP contribution in [0.3, 0.4) is 0 Å². The molecular formula is C13H24N2O2. The number of ketones is 1. The van der Waals surface area contributed by atoms with Gasteiger partial charge in [0.25, 0.3) is 0 Å². The molecule has 0 aliphatic carbocycles. The molecule has 0 aromatic carbocycles. The van der Waals surface area contributed by atoms with Crippen LogP contribution in [0.4, 0.5) is 0 Å². The molecule has 1 unspecified atom stereocenters. The molecule has 0 aromatic rings. The summed E-state index contributed by atoms with van der Waals surface area (Å²) in [5, 5.41) is 2.90. The van der Waals surface area contributed by atoms with Crippen molar-refractivity contribution >= 4 is 11.7 Å². The van der Waals surface area contributed by atoms with Crippen LogP contribution < -0.4 is 5.32 Å². The molecule has 1 saturated heterocycles. The minimum Gasteiger partial charge on any atom is -0.355 e. The Balaban J connectivity index is 2.42. The zero-order valence-electron chi connectivity index (χ0n) is 11.2. The molecule has 98 valence electrons. The number of hydrogen-bond donors (Lipinski definition) is 1. The van der Waals surface area contributed by atoms with Crippen LogP contribution >= 0.6 is 0 Å². The fourth-order valence-electron chi connectivity index (χ4n) is 2.20. The predicted octanol–water partition coefficient (Wildman–Crippen LogP) is 1.20. The third kappa shape index (κ3) is 4.86. The highest BCUT2D eigenvalue weighted by atomic mass is 16.2. The first-order chi connectivity index (χ1) is 8.00. The van der Waals surface area contributed by atoms with Crippen LogP contribution in [0.2, 0.25) is 0 Å². The topological polar surface area (TPSA) is 49.4 Å². The number of rotatable bonds is 5. The first-order valence-electron chi connectivity index (χ1n) is 6.52. The molecule has 0 spiro atoms. The lowest BCUT2D eigenvalue weighted by molar-refractivity contribution is -0.127. The van der Waals surface area contributed by atoms with Crippen molar-refractivity contribution in [2.24, 2.45) is 5.92 Å². The van der Waals surface area contributed by atoms with Gasteiger partial charge in [-0.2, -0.15) is 0 Å². The SMILES string of the molecule is CC(=O)C1CCCCN1CC(=O)NCC(C)C. The Morgan fingerprint density at radius 2 is 2.06 bits per heavy atom. The van der Waals surface area contributed by atoms with Crippen molar-refractivity contribution in [3.05, 3.63) is 0 Å². The Bertz CT molecular complexity index is 277. The molecule has 1 rings (SSSR count). The highest BCUT2D eigenvalue weighted by Gasteiger charge is 2.27. The monoisotopic (exact) mass is 240 g/mol. The third-order valence-corrected chi connectivity index (χ3v) is 3.14. The largest absolute Gasteiger partial charge is 0.355 e. The number of nitrogens with one attached hydrogen (secondary N) is 1. The Morgan fingerprint density at radius 3 is 2.65 bits per heavy atom. The second-order valence-corrected chi connectivity index (χ2v) is 5.29. The van der Waals surface area contributed by atoms with E-state index in [1.54, 1.807) is 6.92 Å². The average molecular weight is 240 g/mol. The molecule has 1 fully saturated rings. The van der Waals surface area contributed by atoms with Crippen LogP contribution in [0.1, 0.15) is 40.0 Å². The van der Waals surface area contributed by atoms with Crippen molar-refractivity contribution in [3.8, 4) is 0 Å². The highest BCUT2D eigenvalue weighted by Crippen LogP contribution is 2.17. The maximum atomic E-state index is 11.7. The summed E-state index contributed by atoms with van der Waals surface area (Å²) >= 11 is 0. The van der Waals surface area contributed by atoms with E-state index in [-0.39, 0.29) is 17.7 Å². The first kappa shape index (κ1) is 14.2. The summed E-state index contributed by atoms with van der Waals surface area (Å²) in [6, 6.07) is -0.0476. The molecule has 17 heavy (non-hydrogen) atoms. The molecule has 4 heteroatoms. The zero-order chi connectivity index (χ0) is 12.8. The van der Waals surface area contributed by atoms with Crippen LogP contribution in [0, 0.1) is 5.92 Å². The fourth-order valence-corrected chi connectivity index (χ4v) is 2.20. The normalized spacial score (nSPS) is 21.5. The summed E-state index contributed by atoms with van der Waals surface area (Å²) in [6.45, 7) is 7.68. The molecule has 1 amide bonds. The van der Waals surface area contributed by atoms with Crippen LogP contribution in [0.5, 0.6) is 0 Å². The van der Waals surface area contributed by atoms with Gasteiger partial charge in [-0.15, -0.1) is 0 Å². The summed E-state index contributed by atoms with van der Waals surface area (Å²) in [7, 11) is 0. The number of Topliss-reactive ketones (excluding diaryl/α,β-unsaturated/α-hetero) is 1. The van der Waals surface area contributed by atoms with Crippen LogP contribution in [-0.2, 0) is 9.59 Å². The van der Waals surface area contributed by atoms with Gasteiger partial charge in [0, 0.05) is 6.54 Å². The van der Waals surface area contributed by atoms with E-state index in [0.717, 1.165) is 25.8 Å². The molecule has 0 aromatic heterocycles. The van der Waals surface area contributed by atoms with Gasteiger partial charge in [0.15, 0.2) is 0 Å². The molecule has 0 bridgehead atoms. The van der Waals surface area contributed by atoms with Gasteiger partial charge in [-0.3, -0.25) is 14.5 Å². The lowest BCUT2D eigenvalue weighted by Crippen LogP contribution is -2.48. The first-order valence-corrected chi connectivity index (χ1v) is 6.52. The second-order valence-electron chi connectivity index (χ2n) is 5.29. The summed E-state index contributed by atoms with van der Waals surface area (Å²) in [5.74, 6) is 0.678. The number of hydrogen-bond acceptors (Lipinski definition) is 3. The van der Waals surface area contributed by atoms with Crippen molar-refractivity contribution in [3.63, 3.8) is 0 Å². The number of amides is 1. The van der Waals surface area contributed by atoms with Gasteiger partial charge in [0.2, 0.25) is 5.91 Å². The summed E-state index contributed by atoms with van der Waals surface area (Å²) < 4.78 is 0. The lowest BCUT2D eigenvalue weighted by Gasteiger charge is -2.33. The van der Waals surface area contributed by atoms with Crippen molar-refractivity contribution in [1.82, 2.24) is 10.2 Å². The van der Waals surface area contributed by atoms with E-state index in [4.69, 9.17) is 0 Å². The second kappa shape index (κ2) is 6.74. The molecule has 1 N–H and O–H groups in total. The maximum absolute atomic E-state index is 11.7. The fraction of sp³-hybridized carbons (Fsp3) is 0.846. The van der Waals surface area contributed by atoms with E-state index >= 15 is 0 Å². The van der Waals surface area contributed by atoms with E-state index in [0.29, 0.717) is 19.0 Å². The number of nitrogens with zero attached hydrogens (tertiary/aromatic N) is 1. The summed E-state index contributed by atoms with van der Waals surface area (Å²) in [6.07, 6.45) is 3.07. The summed E-state index contributed by atoms with van der Waals surface area (Å²) in [5.41, 5.74) is 0. The predicted molar refractivity (Wildman–Crippen MR) is 67.7 cm³/mol. The molecule has 0 radical (unpaired) electrons.